The van der Waals surface area contributed by atoms with E-state index in [1.54, 1.807) is 11.9 Å². The number of carbonyl (C=O) groups is 1. The number of fused-ring (bicyclic) bond motifs is 3. The van der Waals surface area contributed by atoms with Gasteiger partial charge in [0.2, 0.25) is 0 Å². The third kappa shape index (κ3) is 2.84. The first-order chi connectivity index (χ1) is 10.5. The van der Waals surface area contributed by atoms with Crippen molar-refractivity contribution in [2.75, 3.05) is 31.6 Å². The lowest BCUT2D eigenvalue weighted by molar-refractivity contribution is -0.101. The zero-order valence-corrected chi connectivity index (χ0v) is 13.8. The van der Waals surface area contributed by atoms with Gasteiger partial charge in [-0.05, 0) is 57.0 Å². The van der Waals surface area contributed by atoms with Crippen molar-refractivity contribution in [1.29, 1.82) is 0 Å². The minimum atomic E-state index is -0.343. The second-order valence-corrected chi connectivity index (χ2v) is 6.81. The summed E-state index contributed by atoms with van der Waals surface area (Å²) in [7, 11) is 1.79. The molecule has 0 radical (unpaired) electrons. The molecule has 22 heavy (non-hydrogen) atoms. The predicted molar refractivity (Wildman–Crippen MR) is 88.3 cm³/mol. The Balaban J connectivity index is 1.71. The third-order valence-corrected chi connectivity index (χ3v) is 5.29. The topological polar surface area (TPSA) is 32.8 Å². The molecule has 1 aromatic carbocycles. The number of amides is 1. The first-order valence-electron chi connectivity index (χ1n) is 8.30. The van der Waals surface area contributed by atoms with Crippen LogP contribution >= 0.6 is 0 Å². The van der Waals surface area contributed by atoms with Gasteiger partial charge in [0, 0.05) is 25.2 Å². The van der Waals surface area contributed by atoms with Crippen molar-refractivity contribution in [2.45, 2.75) is 38.7 Å². The molecule has 1 amide bonds. The number of ether oxygens (including phenoxy) is 1. The smallest absolute Gasteiger partial charge is 0.414 e. The quantitative estimate of drug-likeness (QED) is 0.859. The molecule has 4 rings (SSSR count). The first kappa shape index (κ1) is 15.3. The third-order valence-electron chi connectivity index (χ3n) is 5.29. The summed E-state index contributed by atoms with van der Waals surface area (Å²) in [5.41, 5.74) is 1.78. The van der Waals surface area contributed by atoms with Crippen LogP contribution in [0.1, 0.15) is 32.3 Å². The highest BCUT2D eigenvalue weighted by Gasteiger charge is 2.46. The van der Waals surface area contributed by atoms with Crippen LogP contribution in [0.5, 0.6) is 0 Å². The molecule has 1 atom stereocenters. The van der Waals surface area contributed by atoms with Gasteiger partial charge < -0.3 is 4.74 Å². The van der Waals surface area contributed by atoms with E-state index in [1.165, 1.54) is 5.56 Å². The van der Waals surface area contributed by atoms with Gasteiger partial charge in [0.1, 0.15) is 5.60 Å². The number of nitrogens with zero attached hydrogens (tertiary/aromatic N) is 2. The number of piperidine rings is 3. The number of aryl methyl sites for hydroxylation is 1. The lowest BCUT2D eigenvalue weighted by atomic mass is 9.76. The molecule has 4 heteroatoms. The average Bonchev–Trinajstić information content (AvgIpc) is 2.54. The number of rotatable bonds is 3. The highest BCUT2D eigenvalue weighted by molar-refractivity contribution is 5.87. The van der Waals surface area contributed by atoms with Crippen molar-refractivity contribution in [2.24, 2.45) is 5.92 Å². The average molecular weight is 302 g/mol. The molecule has 0 unspecified atom stereocenters. The maximum absolute atomic E-state index is 12.6. The Labute approximate surface area is 133 Å². The van der Waals surface area contributed by atoms with Crippen LogP contribution in [0, 0.1) is 5.92 Å². The first-order valence-corrected chi connectivity index (χ1v) is 8.30. The number of anilines is 1. The zero-order chi connectivity index (χ0) is 15.7. The molecule has 0 aromatic heterocycles. The zero-order valence-electron chi connectivity index (χ0n) is 13.8. The molecular weight excluding hydrogens is 276 g/mol. The van der Waals surface area contributed by atoms with E-state index in [0.717, 1.165) is 44.6 Å². The van der Waals surface area contributed by atoms with Gasteiger partial charge in [0.15, 0.2) is 0 Å². The summed E-state index contributed by atoms with van der Waals surface area (Å²) in [5.74, 6) is 0.497. The van der Waals surface area contributed by atoms with Crippen LogP contribution < -0.4 is 4.90 Å². The summed E-state index contributed by atoms with van der Waals surface area (Å²) >= 11 is 0. The number of hydrogen-bond acceptors (Lipinski definition) is 3. The monoisotopic (exact) mass is 302 g/mol. The van der Waals surface area contributed by atoms with Gasteiger partial charge in [-0.3, -0.25) is 9.80 Å². The number of hydrogen-bond donors (Lipinski definition) is 0. The summed E-state index contributed by atoms with van der Waals surface area (Å²) in [5, 5.41) is 0. The Kier molecular flexibility index (Phi) is 4.13. The molecule has 3 saturated heterocycles. The van der Waals surface area contributed by atoms with Crippen LogP contribution in [0.3, 0.4) is 0 Å². The van der Waals surface area contributed by atoms with E-state index in [9.17, 15) is 4.79 Å². The van der Waals surface area contributed by atoms with E-state index in [-0.39, 0.29) is 11.7 Å². The molecule has 3 heterocycles. The Morgan fingerprint density at radius 2 is 2.14 bits per heavy atom. The maximum atomic E-state index is 12.6. The molecule has 4 nitrogen and oxygen atoms in total. The fourth-order valence-electron chi connectivity index (χ4n) is 3.75. The molecule has 120 valence electrons. The van der Waals surface area contributed by atoms with Gasteiger partial charge in [-0.25, -0.2) is 4.79 Å². The van der Waals surface area contributed by atoms with Crippen LogP contribution in [0.25, 0.3) is 0 Å². The van der Waals surface area contributed by atoms with E-state index in [1.807, 2.05) is 12.1 Å². The van der Waals surface area contributed by atoms with Crippen molar-refractivity contribution in [1.82, 2.24) is 4.90 Å². The standard InChI is InChI=1S/C18H26N2O2/c1-4-14-6-5-7-16(12-14)19(3)17(21)22-18(2)13-20-10-8-15(18)9-11-20/h5-7,12,15H,4,8-11,13H2,1-3H3/t18-/m0/s1. The van der Waals surface area contributed by atoms with Crippen molar-refractivity contribution >= 4 is 11.8 Å². The minimum Gasteiger partial charge on any atom is -0.441 e. The molecule has 3 aliphatic heterocycles. The molecule has 0 aliphatic carbocycles. The van der Waals surface area contributed by atoms with Gasteiger partial charge in [0.25, 0.3) is 0 Å². The summed E-state index contributed by atoms with van der Waals surface area (Å²) in [6.07, 6.45) is 2.99. The van der Waals surface area contributed by atoms with E-state index >= 15 is 0 Å². The lowest BCUT2D eigenvalue weighted by Gasteiger charge is -2.50. The second kappa shape index (κ2) is 5.92. The summed E-state index contributed by atoms with van der Waals surface area (Å²) in [6, 6.07) is 8.09. The van der Waals surface area contributed by atoms with Crippen LogP contribution in [0.2, 0.25) is 0 Å². The van der Waals surface area contributed by atoms with Gasteiger partial charge >= 0.3 is 6.09 Å². The van der Waals surface area contributed by atoms with E-state index in [0.29, 0.717) is 5.92 Å². The van der Waals surface area contributed by atoms with Gasteiger partial charge in [0.05, 0.1) is 0 Å². The van der Waals surface area contributed by atoms with Crippen molar-refractivity contribution in [3.63, 3.8) is 0 Å². The fourth-order valence-corrected chi connectivity index (χ4v) is 3.75. The van der Waals surface area contributed by atoms with Crippen LogP contribution in [-0.4, -0.2) is 43.3 Å². The summed E-state index contributed by atoms with van der Waals surface area (Å²) < 4.78 is 5.95. The molecule has 3 fully saturated rings. The largest absolute Gasteiger partial charge is 0.441 e. The predicted octanol–water partition coefficient (Wildman–Crippen LogP) is 3.31. The lowest BCUT2D eigenvalue weighted by Crippen LogP contribution is -2.60. The van der Waals surface area contributed by atoms with Crippen LogP contribution in [0.4, 0.5) is 10.5 Å². The number of benzene rings is 1. The van der Waals surface area contributed by atoms with Crippen LogP contribution in [0.15, 0.2) is 24.3 Å². The molecule has 0 N–H and O–H groups in total. The highest BCUT2D eigenvalue weighted by atomic mass is 16.6. The molecule has 1 aromatic rings. The molecular formula is C18H26N2O2. The summed E-state index contributed by atoms with van der Waals surface area (Å²) in [6.45, 7) is 7.37. The minimum absolute atomic E-state index is 0.246. The van der Waals surface area contributed by atoms with Crippen molar-refractivity contribution in [3.05, 3.63) is 29.8 Å². The molecule has 0 saturated carbocycles. The Morgan fingerprint density at radius 3 is 2.73 bits per heavy atom. The van der Waals surface area contributed by atoms with E-state index in [2.05, 4.69) is 30.9 Å². The Hall–Kier alpha value is -1.55. The van der Waals surface area contributed by atoms with Crippen molar-refractivity contribution < 1.29 is 9.53 Å². The van der Waals surface area contributed by atoms with Crippen LogP contribution in [-0.2, 0) is 11.2 Å². The SMILES string of the molecule is CCc1cccc(N(C)C(=O)O[C@@]2(C)CN3CCC2CC3)c1. The van der Waals surface area contributed by atoms with Gasteiger partial charge in [-0.2, -0.15) is 0 Å². The highest BCUT2D eigenvalue weighted by Crippen LogP contribution is 2.38. The second-order valence-electron chi connectivity index (χ2n) is 6.81. The Morgan fingerprint density at radius 1 is 1.41 bits per heavy atom. The van der Waals surface area contributed by atoms with Gasteiger partial charge in [-0.1, -0.05) is 19.1 Å². The molecule has 2 bridgehead atoms. The normalized spacial score (nSPS) is 30.1. The number of carbonyl (C=O) groups excluding carboxylic acids is 1. The summed E-state index contributed by atoms with van der Waals surface area (Å²) in [4.78, 5) is 16.6. The van der Waals surface area contributed by atoms with Crippen molar-refractivity contribution in [3.8, 4) is 0 Å². The molecule has 0 spiro atoms. The molecule has 3 aliphatic rings. The fraction of sp³-hybridized carbons (Fsp3) is 0.611. The Bertz CT molecular complexity index is 552. The van der Waals surface area contributed by atoms with E-state index in [4.69, 9.17) is 4.74 Å². The van der Waals surface area contributed by atoms with E-state index < -0.39 is 0 Å². The maximum Gasteiger partial charge on any atom is 0.414 e. The van der Waals surface area contributed by atoms with Gasteiger partial charge in [-0.15, -0.1) is 0 Å².